The number of amides is 1. The van der Waals surface area contributed by atoms with Gasteiger partial charge in [-0.1, -0.05) is 47.5 Å². The smallest absolute Gasteiger partial charge is 0.338 e. The maximum Gasteiger partial charge on any atom is 0.338 e. The number of nitrogens with zero attached hydrogens (tertiary/aromatic N) is 1. The van der Waals surface area contributed by atoms with Crippen molar-refractivity contribution < 1.29 is 23.8 Å². The van der Waals surface area contributed by atoms with E-state index in [0.29, 0.717) is 49.1 Å². The van der Waals surface area contributed by atoms with Crippen LogP contribution in [0.3, 0.4) is 0 Å². The summed E-state index contributed by atoms with van der Waals surface area (Å²) in [7, 11) is 0. The first-order chi connectivity index (χ1) is 21.1. The van der Waals surface area contributed by atoms with Crippen LogP contribution in [0.1, 0.15) is 36.6 Å². The van der Waals surface area contributed by atoms with Gasteiger partial charge in [0.15, 0.2) is 11.7 Å². The summed E-state index contributed by atoms with van der Waals surface area (Å²) in [4.78, 5) is 25.5. The number of benzene rings is 3. The average molecular weight is 879 g/mol. The van der Waals surface area contributed by atoms with Gasteiger partial charge >= 0.3 is 5.97 Å². The Balaban J connectivity index is 1.44. The number of halogens is 4. The number of ether oxygens (including phenoxy) is 3. The standard InChI is InChI=1S/C30H26Cl2I2N4O5S/c1-3-41-29(40)26-16(2)36-30(44)37-27(26)21-6-4-5-7-24(21)42-15-25(39)38-35-13-18-10-20(33)12-23(34)28(18)43-14-17-8-9-19(31)11-22(17)32/h4-13,27H,3,14-15H2,1-2H3,(H,38,39)(H2,36,37,44)/t27-/m0/s1. The van der Waals surface area contributed by atoms with Crippen molar-refractivity contribution in [1.82, 2.24) is 16.1 Å². The summed E-state index contributed by atoms with van der Waals surface area (Å²) in [6.45, 7) is 3.59. The lowest BCUT2D eigenvalue weighted by atomic mass is 9.95. The van der Waals surface area contributed by atoms with Crippen LogP contribution in [0.5, 0.6) is 11.5 Å². The Morgan fingerprint density at radius 2 is 1.89 bits per heavy atom. The highest BCUT2D eigenvalue weighted by Crippen LogP contribution is 2.34. The fourth-order valence-electron chi connectivity index (χ4n) is 4.22. The molecule has 0 spiro atoms. The van der Waals surface area contributed by atoms with Crippen molar-refractivity contribution in [3.05, 3.63) is 99.7 Å². The number of carbonyl (C=O) groups excluding carboxylic acids is 2. The molecule has 0 unspecified atom stereocenters. The second-order valence-corrected chi connectivity index (χ2v) is 12.9. The van der Waals surface area contributed by atoms with Gasteiger partial charge in [-0.2, -0.15) is 5.10 Å². The molecule has 230 valence electrons. The van der Waals surface area contributed by atoms with Gasteiger partial charge in [0.25, 0.3) is 5.91 Å². The van der Waals surface area contributed by atoms with Gasteiger partial charge in [0.05, 0.1) is 28.0 Å². The van der Waals surface area contributed by atoms with Crippen LogP contribution < -0.4 is 25.5 Å². The monoisotopic (exact) mass is 878 g/mol. The Morgan fingerprint density at radius 1 is 1.11 bits per heavy atom. The summed E-state index contributed by atoms with van der Waals surface area (Å²) in [5, 5.41) is 11.6. The molecule has 3 aromatic rings. The first-order valence-electron chi connectivity index (χ1n) is 13.1. The number of nitrogens with one attached hydrogen (secondary N) is 3. The zero-order valence-electron chi connectivity index (χ0n) is 23.4. The maximum atomic E-state index is 12.8. The predicted octanol–water partition coefficient (Wildman–Crippen LogP) is 6.67. The van der Waals surface area contributed by atoms with E-state index in [1.165, 1.54) is 6.21 Å². The number of para-hydroxylation sites is 1. The minimum absolute atomic E-state index is 0.219. The Hall–Kier alpha value is -2.66. The number of rotatable bonds is 11. The van der Waals surface area contributed by atoms with E-state index >= 15 is 0 Å². The van der Waals surface area contributed by atoms with Gasteiger partial charge < -0.3 is 24.8 Å². The Morgan fingerprint density at radius 3 is 2.64 bits per heavy atom. The van der Waals surface area contributed by atoms with E-state index in [0.717, 1.165) is 12.7 Å². The normalized spacial score (nSPS) is 14.6. The second kappa shape index (κ2) is 16.1. The highest BCUT2D eigenvalue weighted by atomic mass is 127. The zero-order valence-corrected chi connectivity index (χ0v) is 30.0. The van der Waals surface area contributed by atoms with Gasteiger partial charge in [-0.3, -0.25) is 4.79 Å². The van der Waals surface area contributed by atoms with E-state index in [-0.39, 0.29) is 19.8 Å². The van der Waals surface area contributed by atoms with Crippen LogP contribution in [0.25, 0.3) is 0 Å². The highest BCUT2D eigenvalue weighted by Gasteiger charge is 2.32. The molecular weight excluding hydrogens is 853 g/mol. The molecule has 0 bridgehead atoms. The number of esters is 1. The number of hydrogen-bond donors (Lipinski definition) is 3. The molecule has 0 aliphatic carbocycles. The SMILES string of the molecule is CCOC(=O)C1=C(C)NC(=S)N[C@H]1c1ccccc1OCC(=O)NN=Cc1cc(I)cc(I)c1OCc1ccc(Cl)cc1Cl. The number of hydrogen-bond acceptors (Lipinski definition) is 7. The van der Waals surface area contributed by atoms with E-state index in [1.54, 1.807) is 56.3 Å². The minimum Gasteiger partial charge on any atom is -0.487 e. The van der Waals surface area contributed by atoms with Crippen molar-refractivity contribution in [2.45, 2.75) is 26.5 Å². The number of allylic oxidation sites excluding steroid dienone is 1. The Labute approximate surface area is 297 Å². The number of carbonyl (C=O) groups is 2. The van der Waals surface area contributed by atoms with Crippen LogP contribution in [0.4, 0.5) is 0 Å². The molecule has 4 rings (SSSR count). The van der Waals surface area contributed by atoms with Gasteiger partial charge in [-0.25, -0.2) is 10.2 Å². The third-order valence-electron chi connectivity index (χ3n) is 6.17. The topological polar surface area (TPSA) is 110 Å². The Bertz CT molecular complexity index is 1650. The van der Waals surface area contributed by atoms with Gasteiger partial charge in [-0.05, 0) is 102 Å². The molecule has 0 saturated carbocycles. The number of hydrazone groups is 1. The molecule has 1 aliphatic rings. The fourth-order valence-corrected chi connectivity index (χ4v) is 7.00. The molecule has 0 fully saturated rings. The molecule has 9 nitrogen and oxygen atoms in total. The maximum absolute atomic E-state index is 12.8. The second-order valence-electron chi connectivity index (χ2n) is 9.24. The summed E-state index contributed by atoms with van der Waals surface area (Å²) >= 11 is 22.0. The van der Waals surface area contributed by atoms with Gasteiger partial charge in [0.1, 0.15) is 18.1 Å². The lowest BCUT2D eigenvalue weighted by Gasteiger charge is -2.30. The number of thiocarbonyl (C=S) groups is 1. The first kappa shape index (κ1) is 34.2. The van der Waals surface area contributed by atoms with Crippen LogP contribution in [-0.4, -0.2) is 36.4 Å². The van der Waals surface area contributed by atoms with E-state index in [4.69, 9.17) is 49.6 Å². The molecule has 1 aliphatic heterocycles. The fraction of sp³-hybridized carbons (Fsp3) is 0.200. The van der Waals surface area contributed by atoms with Crippen molar-refractivity contribution in [1.29, 1.82) is 0 Å². The highest BCUT2D eigenvalue weighted by molar-refractivity contribution is 14.1. The molecule has 1 amide bonds. The largest absolute Gasteiger partial charge is 0.487 e. The van der Waals surface area contributed by atoms with Crippen molar-refractivity contribution in [3.63, 3.8) is 0 Å². The average Bonchev–Trinajstić information content (AvgIpc) is 2.96. The van der Waals surface area contributed by atoms with E-state index in [1.807, 2.05) is 12.1 Å². The summed E-state index contributed by atoms with van der Waals surface area (Å²) in [5.41, 5.74) is 5.50. The van der Waals surface area contributed by atoms with Gasteiger partial charge in [-0.15, -0.1) is 0 Å². The third kappa shape index (κ3) is 8.96. The molecule has 1 atom stereocenters. The molecule has 0 saturated heterocycles. The molecule has 3 N–H and O–H groups in total. The van der Waals surface area contributed by atoms with Crippen LogP contribution >= 0.6 is 80.6 Å². The molecule has 14 heteroatoms. The quantitative estimate of drug-likeness (QED) is 0.0646. The van der Waals surface area contributed by atoms with Gasteiger partial charge in [0, 0.05) is 36.0 Å². The van der Waals surface area contributed by atoms with Crippen molar-refractivity contribution in [2.75, 3.05) is 13.2 Å². The van der Waals surface area contributed by atoms with Crippen LogP contribution in [0, 0.1) is 7.14 Å². The lowest BCUT2D eigenvalue weighted by molar-refractivity contribution is -0.139. The molecule has 1 heterocycles. The van der Waals surface area contributed by atoms with Crippen molar-refractivity contribution in [3.8, 4) is 11.5 Å². The molecule has 3 aromatic carbocycles. The predicted molar refractivity (Wildman–Crippen MR) is 191 cm³/mol. The van der Waals surface area contributed by atoms with Crippen LogP contribution in [0.15, 0.2) is 71.0 Å². The van der Waals surface area contributed by atoms with Crippen LogP contribution in [-0.2, 0) is 20.9 Å². The summed E-state index contributed by atoms with van der Waals surface area (Å²) in [5.74, 6) is 0.0163. The van der Waals surface area contributed by atoms with Crippen LogP contribution in [0.2, 0.25) is 10.0 Å². The first-order valence-corrected chi connectivity index (χ1v) is 16.4. The molecule has 0 radical (unpaired) electrons. The summed E-state index contributed by atoms with van der Waals surface area (Å²) in [6, 6.07) is 15.5. The minimum atomic E-state index is -0.635. The molecule has 0 aromatic heterocycles. The van der Waals surface area contributed by atoms with Gasteiger partial charge in [0.2, 0.25) is 0 Å². The summed E-state index contributed by atoms with van der Waals surface area (Å²) < 4.78 is 19.1. The zero-order chi connectivity index (χ0) is 31.8. The van der Waals surface area contributed by atoms with E-state index < -0.39 is 17.9 Å². The lowest BCUT2D eigenvalue weighted by Crippen LogP contribution is -2.45. The molecular formula is C30H26Cl2I2N4O5S. The van der Waals surface area contributed by atoms with Crippen molar-refractivity contribution >= 4 is 104 Å². The molecule has 44 heavy (non-hydrogen) atoms. The Kier molecular flexibility index (Phi) is 12.5. The third-order valence-corrected chi connectivity index (χ3v) is 8.40. The van der Waals surface area contributed by atoms with E-state index in [9.17, 15) is 9.59 Å². The summed E-state index contributed by atoms with van der Waals surface area (Å²) in [6.07, 6.45) is 1.51. The van der Waals surface area contributed by atoms with Crippen molar-refractivity contribution in [2.24, 2.45) is 5.10 Å². The van der Waals surface area contributed by atoms with E-state index in [2.05, 4.69) is 66.3 Å².